The zero-order valence-corrected chi connectivity index (χ0v) is 10.8. The third kappa shape index (κ3) is 2.82. The molecule has 0 aliphatic rings. The molecule has 0 radical (unpaired) electrons. The van der Waals surface area contributed by atoms with Crippen molar-refractivity contribution in [3.8, 4) is 5.75 Å². The molecule has 2 aromatic rings. The molecular weight excluding hydrogens is 242 g/mol. The zero-order valence-electron chi connectivity index (χ0n) is 10.8. The molecule has 98 valence electrons. The van der Waals surface area contributed by atoms with Crippen LogP contribution in [-0.4, -0.2) is 18.0 Å². The Morgan fingerprint density at radius 2 is 2.16 bits per heavy atom. The molecule has 0 atom stereocenters. The number of nitrogens with one attached hydrogen (secondary N) is 1. The minimum absolute atomic E-state index is 0.218. The molecule has 0 fully saturated rings. The summed E-state index contributed by atoms with van der Waals surface area (Å²) in [4.78, 5) is 16.0. The Bertz CT molecular complexity index is 611. The maximum absolute atomic E-state index is 12.0. The average molecular weight is 257 g/mol. The normalized spacial score (nSPS) is 10.0. The molecule has 0 aliphatic heterocycles. The maximum atomic E-state index is 12.0. The van der Waals surface area contributed by atoms with Crippen LogP contribution in [0.2, 0.25) is 0 Å². The molecule has 3 N–H and O–H groups in total. The van der Waals surface area contributed by atoms with Gasteiger partial charge in [-0.25, -0.2) is 4.98 Å². The number of nitrogens with two attached hydrogens (primary N) is 1. The van der Waals surface area contributed by atoms with Gasteiger partial charge < -0.3 is 15.8 Å². The van der Waals surface area contributed by atoms with Gasteiger partial charge in [0.05, 0.1) is 12.8 Å². The predicted molar refractivity (Wildman–Crippen MR) is 74.3 cm³/mol. The number of carbonyl (C=O) groups excluding carboxylic acids is 1. The van der Waals surface area contributed by atoms with Gasteiger partial charge in [-0.15, -0.1) is 0 Å². The fourth-order valence-corrected chi connectivity index (χ4v) is 1.75. The van der Waals surface area contributed by atoms with E-state index in [0.717, 1.165) is 11.3 Å². The third-order valence-electron chi connectivity index (χ3n) is 2.71. The average Bonchev–Trinajstić information content (AvgIpc) is 2.39. The van der Waals surface area contributed by atoms with Gasteiger partial charge in [0, 0.05) is 11.9 Å². The highest BCUT2D eigenvalue weighted by molar-refractivity contribution is 6.06. The Balaban J connectivity index is 2.20. The number of nitrogen functional groups attached to an aromatic ring is 1. The van der Waals surface area contributed by atoms with Crippen LogP contribution in [0.25, 0.3) is 0 Å². The summed E-state index contributed by atoms with van der Waals surface area (Å²) in [6.45, 7) is 1.91. The van der Waals surface area contributed by atoms with Crippen LogP contribution in [0, 0.1) is 6.92 Å². The summed E-state index contributed by atoms with van der Waals surface area (Å²) >= 11 is 0. The van der Waals surface area contributed by atoms with Crippen molar-refractivity contribution in [3.05, 3.63) is 47.8 Å². The molecule has 5 heteroatoms. The standard InChI is InChI=1S/C14H15N3O2/c1-9-8-10(5-6-12(9)19-2)17-14(18)13-11(15)4-3-7-16-13/h3-8H,15H2,1-2H3,(H,17,18). The van der Waals surface area contributed by atoms with Crippen molar-refractivity contribution < 1.29 is 9.53 Å². The molecule has 1 aromatic heterocycles. The number of carbonyl (C=O) groups is 1. The van der Waals surface area contributed by atoms with Crippen molar-refractivity contribution in [2.75, 3.05) is 18.2 Å². The lowest BCUT2D eigenvalue weighted by Crippen LogP contribution is -2.15. The number of aromatic nitrogens is 1. The molecule has 1 heterocycles. The smallest absolute Gasteiger partial charge is 0.276 e. The number of hydrogen-bond acceptors (Lipinski definition) is 4. The second-order valence-corrected chi connectivity index (χ2v) is 4.08. The summed E-state index contributed by atoms with van der Waals surface area (Å²) in [6.07, 6.45) is 1.53. The molecule has 0 bridgehead atoms. The van der Waals surface area contributed by atoms with Crippen molar-refractivity contribution >= 4 is 17.3 Å². The molecule has 0 saturated heterocycles. The molecule has 0 aliphatic carbocycles. The van der Waals surface area contributed by atoms with Crippen molar-refractivity contribution in [2.24, 2.45) is 0 Å². The lowest BCUT2D eigenvalue weighted by atomic mass is 10.2. The third-order valence-corrected chi connectivity index (χ3v) is 2.71. The Labute approximate surface area is 111 Å². The lowest BCUT2D eigenvalue weighted by Gasteiger charge is -2.09. The van der Waals surface area contributed by atoms with Crippen LogP contribution in [0.3, 0.4) is 0 Å². The number of rotatable bonds is 3. The molecule has 1 aromatic carbocycles. The van der Waals surface area contributed by atoms with Gasteiger partial charge in [-0.05, 0) is 42.8 Å². The summed E-state index contributed by atoms with van der Waals surface area (Å²) in [5.41, 5.74) is 7.89. The van der Waals surface area contributed by atoms with E-state index in [2.05, 4.69) is 10.3 Å². The fraction of sp³-hybridized carbons (Fsp3) is 0.143. The number of ether oxygens (including phenoxy) is 1. The summed E-state index contributed by atoms with van der Waals surface area (Å²) in [5, 5.41) is 2.75. The van der Waals surface area contributed by atoms with Crippen LogP contribution in [0.1, 0.15) is 16.1 Å². The summed E-state index contributed by atoms with van der Waals surface area (Å²) in [6, 6.07) is 8.72. The van der Waals surface area contributed by atoms with Gasteiger partial charge in [0.2, 0.25) is 0 Å². The number of pyridine rings is 1. The van der Waals surface area contributed by atoms with Gasteiger partial charge in [0.1, 0.15) is 5.75 Å². The highest BCUT2D eigenvalue weighted by atomic mass is 16.5. The largest absolute Gasteiger partial charge is 0.496 e. The Hall–Kier alpha value is -2.56. The molecule has 2 rings (SSSR count). The molecule has 0 unspecified atom stereocenters. The Kier molecular flexibility index (Phi) is 3.66. The molecular formula is C14H15N3O2. The lowest BCUT2D eigenvalue weighted by molar-refractivity contribution is 0.102. The second kappa shape index (κ2) is 5.39. The van der Waals surface area contributed by atoms with Crippen molar-refractivity contribution in [1.29, 1.82) is 0 Å². The van der Waals surface area contributed by atoms with E-state index in [0.29, 0.717) is 11.4 Å². The minimum Gasteiger partial charge on any atom is -0.496 e. The van der Waals surface area contributed by atoms with Gasteiger partial charge in [0.15, 0.2) is 5.69 Å². The van der Waals surface area contributed by atoms with E-state index < -0.39 is 0 Å². The van der Waals surface area contributed by atoms with Gasteiger partial charge in [-0.2, -0.15) is 0 Å². The summed E-state index contributed by atoms with van der Waals surface area (Å²) in [5.74, 6) is 0.443. The maximum Gasteiger partial charge on any atom is 0.276 e. The van der Waals surface area contributed by atoms with Crippen LogP contribution < -0.4 is 15.8 Å². The van der Waals surface area contributed by atoms with E-state index >= 15 is 0 Å². The molecule has 1 amide bonds. The van der Waals surface area contributed by atoms with E-state index in [1.54, 1.807) is 31.4 Å². The number of hydrogen-bond donors (Lipinski definition) is 2. The minimum atomic E-state index is -0.331. The van der Waals surface area contributed by atoms with Crippen molar-refractivity contribution in [1.82, 2.24) is 4.98 Å². The number of benzene rings is 1. The number of anilines is 2. The molecule has 0 saturated carbocycles. The monoisotopic (exact) mass is 257 g/mol. The van der Waals surface area contributed by atoms with Crippen LogP contribution in [0.15, 0.2) is 36.5 Å². The van der Waals surface area contributed by atoms with E-state index in [9.17, 15) is 4.79 Å². The van der Waals surface area contributed by atoms with Crippen molar-refractivity contribution in [2.45, 2.75) is 6.92 Å². The highest BCUT2D eigenvalue weighted by Gasteiger charge is 2.11. The number of aryl methyl sites for hydroxylation is 1. The van der Waals surface area contributed by atoms with Gasteiger partial charge in [-0.3, -0.25) is 4.79 Å². The van der Waals surface area contributed by atoms with E-state index in [1.165, 1.54) is 6.20 Å². The Morgan fingerprint density at radius 1 is 1.37 bits per heavy atom. The molecule has 5 nitrogen and oxygen atoms in total. The van der Waals surface area contributed by atoms with Crippen LogP contribution in [0.4, 0.5) is 11.4 Å². The number of nitrogens with zero attached hydrogens (tertiary/aromatic N) is 1. The van der Waals surface area contributed by atoms with Crippen LogP contribution in [0.5, 0.6) is 5.75 Å². The quantitative estimate of drug-likeness (QED) is 0.884. The number of amides is 1. The summed E-state index contributed by atoms with van der Waals surface area (Å²) < 4.78 is 5.16. The first-order valence-corrected chi connectivity index (χ1v) is 5.78. The van der Waals surface area contributed by atoms with E-state index in [4.69, 9.17) is 10.5 Å². The molecule has 0 spiro atoms. The van der Waals surface area contributed by atoms with Crippen molar-refractivity contribution in [3.63, 3.8) is 0 Å². The van der Waals surface area contributed by atoms with Gasteiger partial charge >= 0.3 is 0 Å². The van der Waals surface area contributed by atoms with E-state index in [-0.39, 0.29) is 11.6 Å². The summed E-state index contributed by atoms with van der Waals surface area (Å²) in [7, 11) is 1.61. The fourth-order valence-electron chi connectivity index (χ4n) is 1.75. The van der Waals surface area contributed by atoms with E-state index in [1.807, 2.05) is 13.0 Å². The first-order chi connectivity index (χ1) is 9.11. The zero-order chi connectivity index (χ0) is 13.8. The molecule has 19 heavy (non-hydrogen) atoms. The first-order valence-electron chi connectivity index (χ1n) is 5.78. The highest BCUT2D eigenvalue weighted by Crippen LogP contribution is 2.22. The SMILES string of the molecule is COc1ccc(NC(=O)c2ncccc2N)cc1C. The topological polar surface area (TPSA) is 77.2 Å². The van der Waals surface area contributed by atoms with Crippen LogP contribution >= 0.6 is 0 Å². The number of methoxy groups -OCH3 is 1. The second-order valence-electron chi connectivity index (χ2n) is 4.08. The van der Waals surface area contributed by atoms with Gasteiger partial charge in [-0.1, -0.05) is 0 Å². The van der Waals surface area contributed by atoms with Crippen LogP contribution in [-0.2, 0) is 0 Å². The van der Waals surface area contributed by atoms with Gasteiger partial charge in [0.25, 0.3) is 5.91 Å². The Morgan fingerprint density at radius 3 is 2.79 bits per heavy atom. The first kappa shape index (κ1) is 12.9. The predicted octanol–water partition coefficient (Wildman–Crippen LogP) is 2.23.